The highest BCUT2D eigenvalue weighted by Crippen LogP contribution is 2.21. The third-order valence-electron chi connectivity index (χ3n) is 3.00. The van der Waals surface area contributed by atoms with Crippen LogP contribution in [0.25, 0.3) is 11.0 Å². The van der Waals surface area contributed by atoms with Gasteiger partial charge in [0.25, 0.3) is 5.91 Å². The van der Waals surface area contributed by atoms with Gasteiger partial charge in [-0.2, -0.15) is 9.78 Å². The maximum Gasteiger partial charge on any atom is 0.253 e. The van der Waals surface area contributed by atoms with Gasteiger partial charge in [-0.15, -0.1) is 0 Å². The Morgan fingerprint density at radius 1 is 1.42 bits per heavy atom. The fraction of sp³-hybridized carbons (Fsp3) is 0.143. The Labute approximate surface area is 109 Å². The molecule has 5 nitrogen and oxygen atoms in total. The van der Waals surface area contributed by atoms with Crippen LogP contribution in [0, 0.1) is 6.92 Å². The molecular weight excluding hydrogens is 242 g/mol. The van der Waals surface area contributed by atoms with Crippen LogP contribution in [0.5, 0.6) is 0 Å². The molecule has 96 valence electrons. The van der Waals surface area contributed by atoms with Crippen LogP contribution in [0.2, 0.25) is 0 Å². The topological polar surface area (TPSA) is 74.0 Å². The highest BCUT2D eigenvalue weighted by atomic mass is 16.3. The number of carbonyl (C=O) groups is 1. The van der Waals surface area contributed by atoms with E-state index in [1.807, 2.05) is 24.3 Å². The molecule has 3 aromatic rings. The number of aryl methyl sites for hydroxylation is 1. The first-order chi connectivity index (χ1) is 9.15. The number of fused-ring (bicyclic) bond motifs is 1. The monoisotopic (exact) mass is 255 g/mol. The van der Waals surface area contributed by atoms with Crippen molar-refractivity contribution in [1.29, 1.82) is 0 Å². The lowest BCUT2D eigenvalue weighted by Gasteiger charge is -2.01. The number of rotatable bonds is 2. The zero-order valence-corrected chi connectivity index (χ0v) is 10.5. The third kappa shape index (κ3) is 1.99. The molecular formula is C14H13N3O2. The largest absolute Gasteiger partial charge is 0.464 e. The highest BCUT2D eigenvalue weighted by molar-refractivity contribution is 5.89. The first-order valence-electron chi connectivity index (χ1n) is 5.95. The van der Waals surface area contributed by atoms with Crippen molar-refractivity contribution in [3.8, 4) is 0 Å². The summed E-state index contributed by atoms with van der Waals surface area (Å²) in [7, 11) is 0. The molecule has 0 atom stereocenters. The SMILES string of the molecule is Cc1cc(N)n(C(=O)Cc2coc3ccccc23)n1. The Balaban J connectivity index is 1.93. The van der Waals surface area contributed by atoms with Crippen LogP contribution in [-0.2, 0) is 6.42 Å². The first-order valence-corrected chi connectivity index (χ1v) is 5.95. The summed E-state index contributed by atoms with van der Waals surface area (Å²) < 4.78 is 6.64. The molecule has 2 N–H and O–H groups in total. The van der Waals surface area contributed by atoms with E-state index in [0.717, 1.165) is 22.2 Å². The molecule has 2 heterocycles. The number of carbonyl (C=O) groups excluding carboxylic acids is 1. The molecule has 0 aliphatic carbocycles. The van der Waals surface area contributed by atoms with E-state index in [1.165, 1.54) is 4.68 Å². The van der Waals surface area contributed by atoms with Crippen molar-refractivity contribution in [2.45, 2.75) is 13.3 Å². The molecule has 0 radical (unpaired) electrons. The quantitative estimate of drug-likeness (QED) is 0.763. The summed E-state index contributed by atoms with van der Waals surface area (Å²) in [6.07, 6.45) is 1.82. The number of benzene rings is 1. The molecule has 0 fully saturated rings. The molecule has 0 amide bonds. The van der Waals surface area contributed by atoms with Crippen LogP contribution < -0.4 is 5.73 Å². The number of nitrogens with two attached hydrogens (primary N) is 1. The molecule has 1 aromatic carbocycles. The van der Waals surface area contributed by atoms with E-state index in [9.17, 15) is 4.79 Å². The van der Waals surface area contributed by atoms with Crippen molar-refractivity contribution in [2.24, 2.45) is 0 Å². The molecule has 0 unspecified atom stereocenters. The summed E-state index contributed by atoms with van der Waals surface area (Å²) >= 11 is 0. The van der Waals surface area contributed by atoms with Crippen molar-refractivity contribution < 1.29 is 9.21 Å². The van der Waals surface area contributed by atoms with E-state index in [2.05, 4.69) is 5.10 Å². The normalized spacial score (nSPS) is 11.0. The minimum atomic E-state index is -0.169. The zero-order chi connectivity index (χ0) is 13.4. The molecule has 0 spiro atoms. The van der Waals surface area contributed by atoms with Crippen LogP contribution in [0.3, 0.4) is 0 Å². The zero-order valence-electron chi connectivity index (χ0n) is 10.5. The van der Waals surface area contributed by atoms with Crippen LogP contribution in [0.4, 0.5) is 5.82 Å². The van der Waals surface area contributed by atoms with E-state index in [0.29, 0.717) is 5.82 Å². The Bertz CT molecular complexity index is 755. The number of hydrogen-bond donors (Lipinski definition) is 1. The third-order valence-corrected chi connectivity index (χ3v) is 3.00. The molecule has 0 saturated carbocycles. The minimum absolute atomic E-state index is 0.169. The Kier molecular flexibility index (Phi) is 2.59. The molecule has 5 heteroatoms. The van der Waals surface area contributed by atoms with Crippen LogP contribution in [-0.4, -0.2) is 15.7 Å². The Hall–Kier alpha value is -2.56. The Morgan fingerprint density at radius 3 is 2.95 bits per heavy atom. The van der Waals surface area contributed by atoms with Gasteiger partial charge in [-0.1, -0.05) is 18.2 Å². The number of para-hydroxylation sites is 1. The standard InChI is InChI=1S/C14H13N3O2/c1-9-6-13(15)17(16-9)14(18)7-10-8-19-12-5-3-2-4-11(10)12/h2-6,8H,7,15H2,1H3. The second-order valence-corrected chi connectivity index (χ2v) is 4.45. The second kappa shape index (κ2) is 4.28. The number of anilines is 1. The molecule has 0 saturated heterocycles. The lowest BCUT2D eigenvalue weighted by atomic mass is 10.1. The average molecular weight is 255 g/mol. The van der Waals surface area contributed by atoms with Crippen molar-refractivity contribution in [3.05, 3.63) is 47.9 Å². The van der Waals surface area contributed by atoms with Crippen molar-refractivity contribution >= 4 is 22.7 Å². The number of hydrogen-bond acceptors (Lipinski definition) is 4. The summed E-state index contributed by atoms with van der Waals surface area (Å²) in [5.41, 5.74) is 8.08. The van der Waals surface area contributed by atoms with E-state index < -0.39 is 0 Å². The van der Waals surface area contributed by atoms with E-state index in [4.69, 9.17) is 10.2 Å². The van der Waals surface area contributed by atoms with Crippen molar-refractivity contribution in [3.63, 3.8) is 0 Å². The van der Waals surface area contributed by atoms with Gasteiger partial charge in [0.15, 0.2) is 0 Å². The molecule has 0 aliphatic rings. The summed E-state index contributed by atoms with van der Waals surface area (Å²) in [6.45, 7) is 1.80. The number of furan rings is 1. The predicted molar refractivity (Wildman–Crippen MR) is 71.9 cm³/mol. The van der Waals surface area contributed by atoms with Gasteiger partial charge in [0, 0.05) is 17.0 Å². The lowest BCUT2D eigenvalue weighted by Crippen LogP contribution is -2.17. The summed E-state index contributed by atoms with van der Waals surface area (Å²) in [5, 5.41) is 5.03. The maximum atomic E-state index is 12.2. The van der Waals surface area contributed by atoms with Crippen molar-refractivity contribution in [2.75, 3.05) is 5.73 Å². The van der Waals surface area contributed by atoms with Crippen molar-refractivity contribution in [1.82, 2.24) is 9.78 Å². The fourth-order valence-corrected chi connectivity index (χ4v) is 2.13. The molecule has 0 bridgehead atoms. The summed E-state index contributed by atoms with van der Waals surface area (Å²) in [4.78, 5) is 12.2. The van der Waals surface area contributed by atoms with Gasteiger partial charge in [-0.3, -0.25) is 4.79 Å². The molecule has 19 heavy (non-hydrogen) atoms. The second-order valence-electron chi connectivity index (χ2n) is 4.45. The van der Waals surface area contributed by atoms with Crippen LogP contribution >= 0.6 is 0 Å². The van der Waals surface area contributed by atoms with Crippen LogP contribution in [0.15, 0.2) is 41.0 Å². The van der Waals surface area contributed by atoms with Gasteiger partial charge < -0.3 is 10.2 Å². The van der Waals surface area contributed by atoms with E-state index in [-0.39, 0.29) is 12.3 Å². The van der Waals surface area contributed by atoms with Gasteiger partial charge in [-0.25, -0.2) is 0 Å². The number of nitrogen functional groups attached to an aromatic ring is 1. The summed E-state index contributed by atoms with van der Waals surface area (Å²) in [5.74, 6) is 0.187. The fourth-order valence-electron chi connectivity index (χ4n) is 2.13. The maximum absolute atomic E-state index is 12.2. The molecule has 2 aromatic heterocycles. The van der Waals surface area contributed by atoms with Gasteiger partial charge in [0.1, 0.15) is 11.4 Å². The molecule has 0 aliphatic heterocycles. The first kappa shape index (κ1) is 11.5. The number of aromatic nitrogens is 2. The summed E-state index contributed by atoms with van der Waals surface area (Å²) in [6, 6.07) is 9.28. The number of nitrogens with zero attached hydrogens (tertiary/aromatic N) is 2. The van der Waals surface area contributed by atoms with Gasteiger partial charge in [0.05, 0.1) is 18.4 Å². The Morgan fingerprint density at radius 2 is 2.21 bits per heavy atom. The minimum Gasteiger partial charge on any atom is -0.464 e. The smallest absolute Gasteiger partial charge is 0.253 e. The lowest BCUT2D eigenvalue weighted by molar-refractivity contribution is 0.0901. The van der Waals surface area contributed by atoms with Gasteiger partial charge >= 0.3 is 0 Å². The van der Waals surface area contributed by atoms with Crippen LogP contribution in [0.1, 0.15) is 16.1 Å². The van der Waals surface area contributed by atoms with Gasteiger partial charge in [-0.05, 0) is 13.0 Å². The highest BCUT2D eigenvalue weighted by Gasteiger charge is 2.14. The van der Waals surface area contributed by atoms with E-state index in [1.54, 1.807) is 19.3 Å². The molecule has 3 rings (SSSR count). The average Bonchev–Trinajstić information content (AvgIpc) is 2.94. The predicted octanol–water partition coefficient (Wildman–Crippen LogP) is 2.40. The van der Waals surface area contributed by atoms with Gasteiger partial charge in [0.2, 0.25) is 0 Å². The van der Waals surface area contributed by atoms with E-state index >= 15 is 0 Å².